The monoisotopic (exact) mass is 211 g/mol. The Balaban J connectivity index is 2.82. The van der Waals surface area contributed by atoms with Crippen LogP contribution in [0.1, 0.15) is 26.2 Å². The van der Waals surface area contributed by atoms with E-state index < -0.39 is 0 Å². The molecule has 1 nitrogen and oxygen atoms in total. The van der Waals surface area contributed by atoms with Crippen molar-refractivity contribution < 1.29 is 0 Å². The van der Waals surface area contributed by atoms with Gasteiger partial charge < -0.3 is 0 Å². The van der Waals surface area contributed by atoms with Crippen molar-refractivity contribution in [2.75, 3.05) is 0 Å². The Labute approximate surface area is 58.1 Å². The average Bonchev–Trinajstić information content (AvgIpc) is 1.61. The summed E-state index contributed by atoms with van der Waals surface area (Å²) in [5, 5.41) is 6.98. The molecule has 0 radical (unpaired) electrons. The van der Waals surface area contributed by atoms with E-state index >= 15 is 0 Å². The summed E-state index contributed by atoms with van der Waals surface area (Å²) in [6, 6.07) is 0. The lowest BCUT2D eigenvalue weighted by Crippen LogP contribution is -1.80. The van der Waals surface area contributed by atoms with E-state index in [1.54, 1.807) is 0 Å². The Morgan fingerprint density at radius 1 is 1.71 bits per heavy atom. The number of halogens is 1. The van der Waals surface area contributed by atoms with Crippen molar-refractivity contribution in [2.24, 2.45) is 0 Å². The van der Waals surface area contributed by atoms with E-state index in [0.717, 1.165) is 10.1 Å². The zero-order valence-corrected chi connectivity index (χ0v) is 6.66. The molecule has 0 spiro atoms. The summed E-state index contributed by atoms with van der Waals surface area (Å²) in [6.07, 6.45) is 3.34. The normalized spacial score (nSPS) is 8.86. The minimum Gasteiger partial charge on any atom is -0.299 e. The number of rotatable bonds is 3. The Morgan fingerprint density at radius 2 is 2.29 bits per heavy atom. The summed E-state index contributed by atoms with van der Waals surface area (Å²) in [5.74, 6) is 0. The number of hydrogen-bond donors (Lipinski definition) is 1. The van der Waals surface area contributed by atoms with Gasteiger partial charge >= 0.3 is 0 Å². The fourth-order valence-electron chi connectivity index (χ4n) is 0.332. The van der Waals surface area contributed by atoms with Gasteiger partial charge in [0.25, 0.3) is 0 Å². The molecule has 0 amide bonds. The van der Waals surface area contributed by atoms with Crippen molar-refractivity contribution in [1.82, 2.24) is 0 Å². The lowest BCUT2D eigenvalue weighted by atomic mass is 10.3. The van der Waals surface area contributed by atoms with Crippen molar-refractivity contribution in [3.05, 3.63) is 0 Å². The maximum Gasteiger partial charge on any atom is 0.0694 e. The van der Waals surface area contributed by atoms with Crippen LogP contribution in [0.3, 0.4) is 0 Å². The lowest BCUT2D eigenvalue weighted by Gasteiger charge is -1.88. The number of nitrogens with one attached hydrogen (secondary N) is 1. The van der Waals surface area contributed by atoms with Gasteiger partial charge in [-0.3, -0.25) is 5.41 Å². The maximum atomic E-state index is 6.98. The molecule has 0 saturated carbocycles. The fraction of sp³-hybridized carbons (Fsp3) is 0.800. The van der Waals surface area contributed by atoms with Crippen LogP contribution in [0.15, 0.2) is 0 Å². The van der Waals surface area contributed by atoms with Gasteiger partial charge in [-0.1, -0.05) is 13.3 Å². The number of unbranched alkanes of at least 4 members (excludes halogenated alkanes) is 1. The van der Waals surface area contributed by atoms with E-state index in [1.165, 1.54) is 12.8 Å². The molecule has 0 fully saturated rings. The van der Waals surface area contributed by atoms with Crippen LogP contribution in [0.4, 0.5) is 0 Å². The van der Waals surface area contributed by atoms with E-state index in [0.29, 0.717) is 0 Å². The number of hydrogen-bond acceptors (Lipinski definition) is 1. The molecule has 42 valence electrons. The summed E-state index contributed by atoms with van der Waals surface area (Å²) in [6.45, 7) is 2.14. The molecule has 0 aromatic rings. The Hall–Kier alpha value is 0.400. The molecule has 0 aliphatic heterocycles. The molecule has 0 heterocycles. The first-order chi connectivity index (χ1) is 3.27. The minimum atomic E-state index is 0.777. The van der Waals surface area contributed by atoms with Crippen LogP contribution < -0.4 is 0 Å². The third-order valence-electron chi connectivity index (χ3n) is 0.750. The molecule has 0 aromatic heterocycles. The molecule has 1 N–H and O–H groups in total. The summed E-state index contributed by atoms with van der Waals surface area (Å²) in [4.78, 5) is 0. The molecular weight excluding hydrogens is 201 g/mol. The van der Waals surface area contributed by atoms with Crippen LogP contribution in [0.25, 0.3) is 0 Å². The van der Waals surface area contributed by atoms with Crippen molar-refractivity contribution in [3.63, 3.8) is 0 Å². The van der Waals surface area contributed by atoms with E-state index in [2.05, 4.69) is 6.92 Å². The SMILES string of the molecule is CCCCC(=N)I. The minimum absolute atomic E-state index is 0.777. The van der Waals surface area contributed by atoms with Crippen LogP contribution in [-0.4, -0.2) is 3.72 Å². The Kier molecular flexibility index (Phi) is 4.82. The van der Waals surface area contributed by atoms with Gasteiger partial charge in [-0.05, 0) is 35.4 Å². The molecule has 0 unspecified atom stereocenters. The third-order valence-corrected chi connectivity index (χ3v) is 1.29. The first kappa shape index (κ1) is 7.40. The van der Waals surface area contributed by atoms with Gasteiger partial charge in [0.15, 0.2) is 0 Å². The van der Waals surface area contributed by atoms with Gasteiger partial charge in [-0.15, -0.1) is 0 Å². The fourth-order valence-corrected chi connectivity index (χ4v) is 0.713. The molecule has 0 bridgehead atoms. The molecule has 0 saturated heterocycles. The maximum absolute atomic E-state index is 6.98. The van der Waals surface area contributed by atoms with Gasteiger partial charge in [0.1, 0.15) is 0 Å². The van der Waals surface area contributed by atoms with Gasteiger partial charge in [0.05, 0.1) is 3.72 Å². The van der Waals surface area contributed by atoms with E-state index in [-0.39, 0.29) is 0 Å². The topological polar surface area (TPSA) is 23.9 Å². The van der Waals surface area contributed by atoms with Crippen LogP contribution in [0.2, 0.25) is 0 Å². The molecule has 0 aliphatic carbocycles. The van der Waals surface area contributed by atoms with Gasteiger partial charge in [-0.25, -0.2) is 0 Å². The van der Waals surface area contributed by atoms with Gasteiger partial charge in [0, 0.05) is 0 Å². The summed E-state index contributed by atoms with van der Waals surface area (Å²) < 4.78 is 0.777. The van der Waals surface area contributed by atoms with Crippen molar-refractivity contribution in [1.29, 1.82) is 5.41 Å². The first-order valence-corrected chi connectivity index (χ1v) is 3.58. The van der Waals surface area contributed by atoms with E-state index in [1.807, 2.05) is 22.6 Å². The van der Waals surface area contributed by atoms with Crippen LogP contribution in [0.5, 0.6) is 0 Å². The smallest absolute Gasteiger partial charge is 0.0694 e. The highest BCUT2D eigenvalue weighted by atomic mass is 127. The summed E-state index contributed by atoms with van der Waals surface area (Å²) in [7, 11) is 0. The summed E-state index contributed by atoms with van der Waals surface area (Å²) >= 11 is 2.05. The highest BCUT2D eigenvalue weighted by Crippen LogP contribution is 1.99. The standard InChI is InChI=1S/C5H10IN/c1-2-3-4-5(6)7/h7H,2-4H2,1H3. The molecule has 0 aliphatic rings. The molecular formula is C5H10IN. The average molecular weight is 211 g/mol. The van der Waals surface area contributed by atoms with Crippen molar-refractivity contribution in [3.8, 4) is 0 Å². The molecule has 7 heavy (non-hydrogen) atoms. The zero-order valence-electron chi connectivity index (χ0n) is 4.50. The van der Waals surface area contributed by atoms with Crippen molar-refractivity contribution in [2.45, 2.75) is 26.2 Å². The van der Waals surface area contributed by atoms with Crippen molar-refractivity contribution >= 4 is 26.3 Å². The van der Waals surface area contributed by atoms with E-state index in [4.69, 9.17) is 5.41 Å². The summed E-state index contributed by atoms with van der Waals surface area (Å²) in [5.41, 5.74) is 0. The quantitative estimate of drug-likeness (QED) is 0.548. The van der Waals surface area contributed by atoms with Crippen LogP contribution in [0, 0.1) is 5.41 Å². The highest BCUT2D eigenvalue weighted by Gasteiger charge is 1.85. The molecule has 2 heteroatoms. The second-order valence-electron chi connectivity index (χ2n) is 1.51. The van der Waals surface area contributed by atoms with Crippen LogP contribution in [-0.2, 0) is 0 Å². The largest absolute Gasteiger partial charge is 0.299 e. The second-order valence-corrected chi connectivity index (χ2v) is 2.81. The third kappa shape index (κ3) is 6.40. The molecule has 0 rings (SSSR count). The van der Waals surface area contributed by atoms with Gasteiger partial charge in [-0.2, -0.15) is 0 Å². The molecule has 0 aromatic carbocycles. The lowest BCUT2D eigenvalue weighted by molar-refractivity contribution is 0.840. The Bertz CT molecular complexity index is 61.1. The Morgan fingerprint density at radius 3 is 2.43 bits per heavy atom. The zero-order chi connectivity index (χ0) is 5.70. The van der Waals surface area contributed by atoms with Crippen LogP contribution >= 0.6 is 22.6 Å². The highest BCUT2D eigenvalue weighted by molar-refractivity contribution is 14.1. The predicted octanol–water partition coefficient (Wildman–Crippen LogP) is 2.59. The second kappa shape index (κ2) is 4.56. The van der Waals surface area contributed by atoms with Gasteiger partial charge in [0.2, 0.25) is 0 Å². The van der Waals surface area contributed by atoms with E-state index in [9.17, 15) is 0 Å². The first-order valence-electron chi connectivity index (χ1n) is 2.50. The predicted molar refractivity (Wildman–Crippen MR) is 41.3 cm³/mol. The molecule has 0 atom stereocenters.